The molecule has 10 nitrogen and oxygen atoms in total. The Morgan fingerprint density at radius 1 is 1.03 bits per heavy atom. The van der Waals surface area contributed by atoms with Crippen LogP contribution in [0.2, 0.25) is 0 Å². The highest BCUT2D eigenvalue weighted by atomic mass is 19.4. The van der Waals surface area contributed by atoms with Gasteiger partial charge in [0, 0.05) is 12.1 Å². The van der Waals surface area contributed by atoms with E-state index in [2.05, 4.69) is 30.1 Å². The van der Waals surface area contributed by atoms with Crippen molar-refractivity contribution in [2.75, 3.05) is 17.7 Å². The highest BCUT2D eigenvalue weighted by molar-refractivity contribution is 6.04. The number of amides is 3. The van der Waals surface area contributed by atoms with Crippen LogP contribution in [-0.4, -0.2) is 41.3 Å². The third kappa shape index (κ3) is 6.48. The smallest absolute Gasteiger partial charge is 0.465 e. The monoisotopic (exact) mass is 477 g/mol. The Balaban J connectivity index is 1.67. The van der Waals surface area contributed by atoms with Gasteiger partial charge in [-0.25, -0.2) is 14.6 Å². The van der Waals surface area contributed by atoms with Gasteiger partial charge >= 0.3 is 18.4 Å². The number of carbonyl (C=O) groups is 3. The molecule has 1 aromatic heterocycles. The van der Waals surface area contributed by atoms with E-state index in [0.717, 1.165) is 17.7 Å². The molecule has 0 atom stereocenters. The summed E-state index contributed by atoms with van der Waals surface area (Å²) in [6.45, 7) is 0. The number of rotatable bonds is 7. The molecule has 0 radical (unpaired) electrons. The maximum Gasteiger partial charge on any atom is 0.573 e. The van der Waals surface area contributed by atoms with Crippen LogP contribution < -0.4 is 21.1 Å². The van der Waals surface area contributed by atoms with E-state index < -0.39 is 30.0 Å². The van der Waals surface area contributed by atoms with Crippen LogP contribution in [0.5, 0.6) is 5.75 Å². The van der Waals surface area contributed by atoms with Gasteiger partial charge in [-0.2, -0.15) is 0 Å². The van der Waals surface area contributed by atoms with Gasteiger partial charge < -0.3 is 25.5 Å². The summed E-state index contributed by atoms with van der Waals surface area (Å²) in [4.78, 5) is 42.5. The predicted octanol–water partition coefficient (Wildman–Crippen LogP) is 3.43. The third-order valence-corrected chi connectivity index (χ3v) is 4.32. The SMILES string of the molecule is COC(=O)c1ccc(Cc2nc(NC(=O)Nc3ccc(OC(F)(F)F)cc3)c(C(N)=O)[nH]2)cc1. The maximum atomic E-state index is 12.3. The van der Waals surface area contributed by atoms with E-state index >= 15 is 0 Å². The molecule has 0 aliphatic carbocycles. The van der Waals surface area contributed by atoms with Crippen LogP contribution >= 0.6 is 0 Å². The molecule has 2 aromatic carbocycles. The maximum absolute atomic E-state index is 12.3. The number of nitrogens with two attached hydrogens (primary N) is 1. The van der Waals surface area contributed by atoms with E-state index in [-0.39, 0.29) is 23.6 Å². The number of aromatic nitrogens is 2. The van der Waals surface area contributed by atoms with Crippen LogP contribution in [0.15, 0.2) is 48.5 Å². The molecule has 0 aliphatic rings. The first-order valence-electron chi connectivity index (χ1n) is 9.54. The van der Waals surface area contributed by atoms with E-state index in [4.69, 9.17) is 5.73 Å². The number of aromatic amines is 1. The van der Waals surface area contributed by atoms with Crippen molar-refractivity contribution < 1.29 is 37.0 Å². The summed E-state index contributed by atoms with van der Waals surface area (Å²) < 4.78 is 45.1. The molecule has 3 aromatic rings. The fourth-order valence-electron chi connectivity index (χ4n) is 2.85. The molecule has 178 valence electrons. The number of anilines is 2. The average molecular weight is 477 g/mol. The van der Waals surface area contributed by atoms with Crippen LogP contribution in [-0.2, 0) is 11.2 Å². The number of imidazole rings is 1. The Labute approximate surface area is 190 Å². The van der Waals surface area contributed by atoms with E-state index in [0.29, 0.717) is 11.4 Å². The number of methoxy groups -OCH3 is 1. The lowest BCUT2D eigenvalue weighted by molar-refractivity contribution is -0.274. The lowest BCUT2D eigenvalue weighted by Crippen LogP contribution is -2.22. The van der Waals surface area contributed by atoms with Crippen molar-refractivity contribution in [3.63, 3.8) is 0 Å². The van der Waals surface area contributed by atoms with Crippen LogP contribution in [0.4, 0.5) is 29.5 Å². The number of H-pyrrole nitrogens is 1. The number of alkyl halides is 3. The number of nitrogens with one attached hydrogen (secondary N) is 3. The van der Waals surface area contributed by atoms with Gasteiger partial charge in [-0.15, -0.1) is 13.2 Å². The summed E-state index contributed by atoms with van der Waals surface area (Å²) in [5.74, 6) is -1.64. The van der Waals surface area contributed by atoms with Gasteiger partial charge in [0.1, 0.15) is 17.3 Å². The van der Waals surface area contributed by atoms with Gasteiger partial charge in [-0.3, -0.25) is 10.1 Å². The van der Waals surface area contributed by atoms with Crippen molar-refractivity contribution in [3.8, 4) is 5.75 Å². The van der Waals surface area contributed by atoms with Crippen molar-refractivity contribution >= 4 is 29.4 Å². The molecule has 0 fully saturated rings. The number of primary amides is 1. The molecule has 1 heterocycles. The standard InChI is InChI=1S/C21H18F3N5O5/c1-33-19(31)12-4-2-11(3-5-12)10-15-27-16(17(25)30)18(28-15)29-20(32)26-13-6-8-14(9-7-13)34-21(22,23)24/h2-9H,10H2,1H3,(H2,25,30)(H,27,28)(H2,26,29,32). The normalized spacial score (nSPS) is 10.9. The van der Waals surface area contributed by atoms with Crippen molar-refractivity contribution in [3.05, 3.63) is 71.2 Å². The summed E-state index contributed by atoms with van der Waals surface area (Å²) in [7, 11) is 1.27. The molecule has 0 saturated heterocycles. The van der Waals surface area contributed by atoms with Crippen molar-refractivity contribution in [1.29, 1.82) is 0 Å². The highest BCUT2D eigenvalue weighted by Crippen LogP contribution is 2.24. The molecular weight excluding hydrogens is 459 g/mol. The Morgan fingerprint density at radius 2 is 1.68 bits per heavy atom. The molecule has 0 aliphatic heterocycles. The number of hydrogen-bond donors (Lipinski definition) is 4. The largest absolute Gasteiger partial charge is 0.573 e. The first kappa shape index (κ1) is 24.1. The highest BCUT2D eigenvalue weighted by Gasteiger charge is 2.31. The Bertz CT molecular complexity index is 1190. The van der Waals surface area contributed by atoms with E-state index in [9.17, 15) is 27.6 Å². The number of urea groups is 1. The molecule has 0 saturated carbocycles. The van der Waals surface area contributed by atoms with Gasteiger partial charge in [-0.1, -0.05) is 12.1 Å². The van der Waals surface area contributed by atoms with Crippen molar-refractivity contribution in [2.24, 2.45) is 5.73 Å². The minimum absolute atomic E-state index is 0.136. The molecule has 0 spiro atoms. The minimum atomic E-state index is -4.83. The minimum Gasteiger partial charge on any atom is -0.465 e. The number of benzene rings is 2. The summed E-state index contributed by atoms with van der Waals surface area (Å²) in [6.07, 6.45) is -4.61. The molecule has 3 amide bonds. The van der Waals surface area contributed by atoms with Gasteiger partial charge in [0.25, 0.3) is 5.91 Å². The van der Waals surface area contributed by atoms with E-state index in [1.807, 2.05) is 0 Å². The molecule has 13 heteroatoms. The van der Waals surface area contributed by atoms with Crippen LogP contribution in [0, 0.1) is 0 Å². The second kappa shape index (κ2) is 9.94. The number of hydrogen-bond acceptors (Lipinski definition) is 6. The van der Waals surface area contributed by atoms with Gasteiger partial charge in [-0.05, 0) is 42.0 Å². The van der Waals surface area contributed by atoms with E-state index in [1.54, 1.807) is 24.3 Å². The number of halogens is 3. The molecule has 0 unspecified atom stereocenters. The summed E-state index contributed by atoms with van der Waals surface area (Å²) in [6, 6.07) is 10.1. The number of esters is 1. The Morgan fingerprint density at radius 3 is 2.24 bits per heavy atom. The average Bonchev–Trinajstić information content (AvgIpc) is 3.16. The molecule has 3 rings (SSSR count). The van der Waals surface area contributed by atoms with Crippen LogP contribution in [0.25, 0.3) is 0 Å². The molecule has 5 N–H and O–H groups in total. The van der Waals surface area contributed by atoms with Gasteiger partial charge in [0.2, 0.25) is 0 Å². The first-order chi connectivity index (χ1) is 16.0. The van der Waals surface area contributed by atoms with Crippen molar-refractivity contribution in [2.45, 2.75) is 12.8 Å². The zero-order chi connectivity index (χ0) is 24.9. The summed E-state index contributed by atoms with van der Waals surface area (Å²) >= 11 is 0. The lowest BCUT2D eigenvalue weighted by Gasteiger charge is -2.10. The van der Waals surface area contributed by atoms with Crippen LogP contribution in [0.1, 0.15) is 32.2 Å². The summed E-state index contributed by atoms with van der Waals surface area (Å²) in [5.41, 5.74) is 6.47. The number of carbonyl (C=O) groups excluding carboxylic acids is 3. The molecule has 0 bridgehead atoms. The Hall–Kier alpha value is -4.55. The van der Waals surface area contributed by atoms with Gasteiger partial charge in [0.15, 0.2) is 5.82 Å². The van der Waals surface area contributed by atoms with Gasteiger partial charge in [0.05, 0.1) is 12.7 Å². The molecular formula is C21H18F3N5O5. The van der Waals surface area contributed by atoms with Crippen LogP contribution in [0.3, 0.4) is 0 Å². The second-order valence-electron chi connectivity index (χ2n) is 6.79. The fraction of sp³-hybridized carbons (Fsp3) is 0.143. The van der Waals surface area contributed by atoms with E-state index in [1.165, 1.54) is 19.2 Å². The third-order valence-electron chi connectivity index (χ3n) is 4.32. The number of ether oxygens (including phenoxy) is 2. The lowest BCUT2D eigenvalue weighted by atomic mass is 10.1. The Kier molecular flexibility index (Phi) is 7.04. The predicted molar refractivity (Wildman–Crippen MR) is 113 cm³/mol. The van der Waals surface area contributed by atoms with Crippen molar-refractivity contribution in [1.82, 2.24) is 9.97 Å². The second-order valence-corrected chi connectivity index (χ2v) is 6.79. The topological polar surface area (TPSA) is 148 Å². The fourth-order valence-corrected chi connectivity index (χ4v) is 2.85. The zero-order valence-electron chi connectivity index (χ0n) is 17.5. The zero-order valence-corrected chi connectivity index (χ0v) is 17.5. The first-order valence-corrected chi connectivity index (χ1v) is 9.54. The number of nitrogens with zero attached hydrogens (tertiary/aromatic N) is 1. The quantitative estimate of drug-likeness (QED) is 0.383. The molecule has 34 heavy (non-hydrogen) atoms. The summed E-state index contributed by atoms with van der Waals surface area (Å²) in [5, 5.41) is 4.76.